The molecule has 0 spiro atoms. The zero-order valence-electron chi connectivity index (χ0n) is 7.41. The fraction of sp³-hybridized carbons (Fsp3) is 0.750. The van der Waals surface area contributed by atoms with Gasteiger partial charge in [-0.3, -0.25) is 4.68 Å². The molecular weight excluding hydrogens is 138 g/mol. The Morgan fingerprint density at radius 2 is 2.36 bits per heavy atom. The van der Waals surface area contributed by atoms with Crippen LogP contribution in [0, 0.1) is 0 Å². The summed E-state index contributed by atoms with van der Waals surface area (Å²) in [6.45, 7) is 4.38. The van der Waals surface area contributed by atoms with Gasteiger partial charge in [0.1, 0.15) is 0 Å². The molecule has 1 rings (SSSR count). The van der Waals surface area contributed by atoms with Gasteiger partial charge in [-0.1, -0.05) is 25.5 Å². The molecule has 1 heterocycles. The summed E-state index contributed by atoms with van der Waals surface area (Å²) in [5, 5.41) is 7.93. The van der Waals surface area contributed by atoms with Crippen molar-refractivity contribution >= 4 is 0 Å². The van der Waals surface area contributed by atoms with Crippen LogP contribution in [0.2, 0.25) is 0 Å². The molecule has 3 nitrogen and oxygen atoms in total. The quantitative estimate of drug-likeness (QED) is 0.662. The van der Waals surface area contributed by atoms with E-state index in [2.05, 4.69) is 24.2 Å². The summed E-state index contributed by atoms with van der Waals surface area (Å²) < 4.78 is 1.75. The Labute approximate surface area is 67.4 Å². The van der Waals surface area contributed by atoms with Crippen molar-refractivity contribution in [3.8, 4) is 0 Å². The predicted molar refractivity (Wildman–Crippen MR) is 44.3 cm³/mol. The molecule has 3 heteroatoms. The van der Waals surface area contributed by atoms with E-state index in [0.29, 0.717) is 5.92 Å². The smallest absolute Gasteiger partial charge is 0.0855 e. The first-order valence-electron chi connectivity index (χ1n) is 4.10. The maximum absolute atomic E-state index is 4.05. The number of aryl methyl sites for hydroxylation is 1. The standard InChI is InChI=1S/C8H15N3/c1-4-5-7(2)8-6-11(3)10-9-8/h6-7H,4-5H2,1-3H3. The lowest BCUT2D eigenvalue weighted by molar-refractivity contribution is 0.643. The summed E-state index contributed by atoms with van der Waals surface area (Å²) >= 11 is 0. The second-order valence-electron chi connectivity index (χ2n) is 3.01. The van der Waals surface area contributed by atoms with Gasteiger partial charge in [0, 0.05) is 19.2 Å². The molecule has 0 bridgehead atoms. The van der Waals surface area contributed by atoms with E-state index in [0.717, 1.165) is 5.69 Å². The van der Waals surface area contributed by atoms with E-state index in [9.17, 15) is 0 Å². The summed E-state index contributed by atoms with van der Waals surface area (Å²) in [5.41, 5.74) is 1.11. The third kappa shape index (κ3) is 2.03. The first-order valence-corrected chi connectivity index (χ1v) is 4.10. The van der Waals surface area contributed by atoms with Crippen molar-refractivity contribution < 1.29 is 0 Å². The molecule has 0 saturated heterocycles. The first kappa shape index (κ1) is 8.24. The van der Waals surface area contributed by atoms with E-state index in [1.165, 1.54) is 12.8 Å². The average molecular weight is 153 g/mol. The molecule has 0 aromatic carbocycles. The van der Waals surface area contributed by atoms with Crippen molar-refractivity contribution in [2.45, 2.75) is 32.6 Å². The molecule has 0 radical (unpaired) electrons. The van der Waals surface area contributed by atoms with Gasteiger partial charge in [0.05, 0.1) is 5.69 Å². The highest BCUT2D eigenvalue weighted by molar-refractivity contribution is 4.99. The van der Waals surface area contributed by atoms with Gasteiger partial charge in [0.25, 0.3) is 0 Å². The second kappa shape index (κ2) is 3.51. The Bertz CT molecular complexity index is 217. The largest absolute Gasteiger partial charge is 0.255 e. The molecule has 0 aliphatic heterocycles. The highest BCUT2D eigenvalue weighted by atomic mass is 15.4. The third-order valence-electron chi connectivity index (χ3n) is 1.85. The summed E-state index contributed by atoms with van der Waals surface area (Å²) in [4.78, 5) is 0. The van der Waals surface area contributed by atoms with Crippen LogP contribution in [0.4, 0.5) is 0 Å². The lowest BCUT2D eigenvalue weighted by atomic mass is 10.0. The van der Waals surface area contributed by atoms with Crippen molar-refractivity contribution in [2.24, 2.45) is 7.05 Å². The zero-order chi connectivity index (χ0) is 8.27. The summed E-state index contributed by atoms with van der Waals surface area (Å²) in [6.07, 6.45) is 4.39. The van der Waals surface area contributed by atoms with Gasteiger partial charge >= 0.3 is 0 Å². The molecule has 11 heavy (non-hydrogen) atoms. The fourth-order valence-corrected chi connectivity index (χ4v) is 1.17. The van der Waals surface area contributed by atoms with E-state index in [1.54, 1.807) is 4.68 Å². The van der Waals surface area contributed by atoms with Gasteiger partial charge in [-0.15, -0.1) is 5.10 Å². The maximum Gasteiger partial charge on any atom is 0.0855 e. The number of nitrogens with zero attached hydrogens (tertiary/aromatic N) is 3. The van der Waals surface area contributed by atoms with E-state index in [1.807, 2.05) is 13.2 Å². The SMILES string of the molecule is CCCC(C)c1cn(C)nn1. The minimum absolute atomic E-state index is 0.550. The molecule has 1 unspecified atom stereocenters. The monoisotopic (exact) mass is 153 g/mol. The molecule has 62 valence electrons. The van der Waals surface area contributed by atoms with Crippen LogP contribution in [0.3, 0.4) is 0 Å². The molecule has 0 aliphatic carbocycles. The van der Waals surface area contributed by atoms with Crippen molar-refractivity contribution in [1.29, 1.82) is 0 Å². The van der Waals surface area contributed by atoms with Gasteiger partial charge in [-0.25, -0.2) is 0 Å². The average Bonchev–Trinajstić information content (AvgIpc) is 2.36. The topological polar surface area (TPSA) is 30.7 Å². The van der Waals surface area contributed by atoms with Crippen LogP contribution in [0.15, 0.2) is 6.20 Å². The van der Waals surface area contributed by atoms with E-state index >= 15 is 0 Å². The highest BCUT2D eigenvalue weighted by Crippen LogP contribution is 2.16. The Hall–Kier alpha value is -0.860. The molecule has 1 atom stereocenters. The minimum atomic E-state index is 0.550. The van der Waals surface area contributed by atoms with Gasteiger partial charge in [0.15, 0.2) is 0 Å². The van der Waals surface area contributed by atoms with Crippen LogP contribution in [-0.4, -0.2) is 15.0 Å². The predicted octanol–water partition coefficient (Wildman–Crippen LogP) is 1.72. The zero-order valence-corrected chi connectivity index (χ0v) is 7.41. The summed E-state index contributed by atoms with van der Waals surface area (Å²) in [7, 11) is 1.90. The second-order valence-corrected chi connectivity index (χ2v) is 3.01. The van der Waals surface area contributed by atoms with Gasteiger partial charge < -0.3 is 0 Å². The lowest BCUT2D eigenvalue weighted by Gasteiger charge is -2.03. The third-order valence-corrected chi connectivity index (χ3v) is 1.85. The summed E-state index contributed by atoms with van der Waals surface area (Å²) in [6, 6.07) is 0. The van der Waals surface area contributed by atoms with E-state index < -0.39 is 0 Å². The molecule has 1 aromatic rings. The highest BCUT2D eigenvalue weighted by Gasteiger charge is 2.06. The lowest BCUT2D eigenvalue weighted by Crippen LogP contribution is -1.92. The fourth-order valence-electron chi connectivity index (χ4n) is 1.17. The van der Waals surface area contributed by atoms with Crippen molar-refractivity contribution in [3.63, 3.8) is 0 Å². The van der Waals surface area contributed by atoms with Crippen molar-refractivity contribution in [1.82, 2.24) is 15.0 Å². The number of rotatable bonds is 3. The van der Waals surface area contributed by atoms with Gasteiger partial charge in [-0.05, 0) is 6.42 Å². The van der Waals surface area contributed by atoms with Crippen molar-refractivity contribution in [3.05, 3.63) is 11.9 Å². The Morgan fingerprint density at radius 3 is 2.82 bits per heavy atom. The van der Waals surface area contributed by atoms with Crippen LogP contribution in [0.5, 0.6) is 0 Å². The number of aromatic nitrogens is 3. The van der Waals surface area contributed by atoms with E-state index in [4.69, 9.17) is 0 Å². The molecule has 0 N–H and O–H groups in total. The van der Waals surface area contributed by atoms with Crippen molar-refractivity contribution in [2.75, 3.05) is 0 Å². The normalized spacial score (nSPS) is 13.4. The Morgan fingerprint density at radius 1 is 1.64 bits per heavy atom. The van der Waals surface area contributed by atoms with Crippen LogP contribution in [0.1, 0.15) is 38.3 Å². The maximum atomic E-state index is 4.05. The van der Waals surface area contributed by atoms with Crippen LogP contribution < -0.4 is 0 Å². The molecule has 0 amide bonds. The van der Waals surface area contributed by atoms with Gasteiger partial charge in [0.2, 0.25) is 0 Å². The van der Waals surface area contributed by atoms with Crippen LogP contribution in [-0.2, 0) is 7.05 Å². The molecule has 0 fully saturated rings. The molecule has 0 aliphatic rings. The van der Waals surface area contributed by atoms with Gasteiger partial charge in [-0.2, -0.15) is 0 Å². The van der Waals surface area contributed by atoms with Crippen LogP contribution >= 0.6 is 0 Å². The summed E-state index contributed by atoms with van der Waals surface area (Å²) in [5.74, 6) is 0.550. The van der Waals surface area contributed by atoms with Crippen LogP contribution in [0.25, 0.3) is 0 Å². The molecular formula is C8H15N3. The minimum Gasteiger partial charge on any atom is -0.255 e. The number of hydrogen-bond acceptors (Lipinski definition) is 2. The van der Waals surface area contributed by atoms with E-state index in [-0.39, 0.29) is 0 Å². The Balaban J connectivity index is 2.60. The molecule has 0 saturated carbocycles. The Kier molecular flexibility index (Phi) is 2.63. The number of hydrogen-bond donors (Lipinski definition) is 0. The first-order chi connectivity index (χ1) is 5.24. The molecule has 1 aromatic heterocycles.